The number of amides is 1. The summed E-state index contributed by atoms with van der Waals surface area (Å²) in [6.07, 6.45) is 2.51. The van der Waals surface area contributed by atoms with Crippen molar-refractivity contribution in [2.24, 2.45) is 5.92 Å². The number of hydrogen-bond donors (Lipinski definition) is 2. The molecule has 2 unspecified atom stereocenters. The molecule has 2 N–H and O–H groups in total. The van der Waals surface area contributed by atoms with Gasteiger partial charge in [-0.1, -0.05) is 6.92 Å². The Morgan fingerprint density at radius 3 is 3.11 bits per heavy atom. The first-order valence-electron chi connectivity index (χ1n) is 6.19. The zero-order valence-electron chi connectivity index (χ0n) is 10.3. The van der Waals surface area contributed by atoms with Crippen LogP contribution in [0.1, 0.15) is 26.2 Å². The van der Waals surface area contributed by atoms with E-state index in [0.29, 0.717) is 5.82 Å². The molecule has 1 aliphatic heterocycles. The molecule has 6 heteroatoms. The molecule has 1 amide bonds. The van der Waals surface area contributed by atoms with Crippen molar-refractivity contribution < 1.29 is 9.53 Å². The average Bonchev–Trinajstić information content (AvgIpc) is 2.41. The van der Waals surface area contributed by atoms with Gasteiger partial charge in [0.2, 0.25) is 5.91 Å². The van der Waals surface area contributed by atoms with Gasteiger partial charge < -0.3 is 10.1 Å². The molecule has 1 fully saturated rings. The van der Waals surface area contributed by atoms with Crippen molar-refractivity contribution in [3.63, 3.8) is 0 Å². The molecule has 2 atom stereocenters. The summed E-state index contributed by atoms with van der Waals surface area (Å²) in [6, 6.07) is 2.82. The maximum absolute atomic E-state index is 12.1. The summed E-state index contributed by atoms with van der Waals surface area (Å²) in [4.78, 5) is 23.0. The summed E-state index contributed by atoms with van der Waals surface area (Å²) in [5, 5.41) is 8.74. The van der Waals surface area contributed by atoms with Crippen molar-refractivity contribution in [1.82, 2.24) is 10.2 Å². The van der Waals surface area contributed by atoms with Gasteiger partial charge in [0.15, 0.2) is 5.82 Å². The van der Waals surface area contributed by atoms with E-state index in [0.717, 1.165) is 25.9 Å². The van der Waals surface area contributed by atoms with Crippen LogP contribution in [0.3, 0.4) is 0 Å². The molecular weight excluding hydrogens is 234 g/mol. The van der Waals surface area contributed by atoms with Crippen molar-refractivity contribution in [3.05, 3.63) is 22.5 Å². The normalized spacial score (nSPS) is 23.6. The minimum absolute atomic E-state index is 0.0264. The number of anilines is 1. The second-order valence-corrected chi connectivity index (χ2v) is 4.36. The third-order valence-corrected chi connectivity index (χ3v) is 3.11. The molecule has 1 aliphatic rings. The van der Waals surface area contributed by atoms with Crippen molar-refractivity contribution in [3.8, 4) is 0 Å². The van der Waals surface area contributed by atoms with E-state index in [1.807, 2.05) is 6.92 Å². The summed E-state index contributed by atoms with van der Waals surface area (Å²) in [7, 11) is 0. The van der Waals surface area contributed by atoms with Gasteiger partial charge in [-0.2, -0.15) is 5.10 Å². The molecule has 18 heavy (non-hydrogen) atoms. The maximum Gasteiger partial charge on any atom is 0.264 e. The number of rotatable bonds is 3. The minimum Gasteiger partial charge on any atom is -0.377 e. The van der Waals surface area contributed by atoms with Crippen LogP contribution in [0.15, 0.2) is 16.9 Å². The summed E-state index contributed by atoms with van der Waals surface area (Å²) < 4.78 is 5.58. The lowest BCUT2D eigenvalue weighted by Crippen LogP contribution is -2.38. The maximum atomic E-state index is 12.1. The summed E-state index contributed by atoms with van der Waals surface area (Å²) in [5.41, 5.74) is -0.291. The van der Waals surface area contributed by atoms with Crippen LogP contribution in [-0.2, 0) is 9.53 Å². The number of aromatic amines is 1. The van der Waals surface area contributed by atoms with Gasteiger partial charge in [0.25, 0.3) is 5.56 Å². The Morgan fingerprint density at radius 1 is 1.61 bits per heavy atom. The van der Waals surface area contributed by atoms with E-state index < -0.39 is 0 Å². The zero-order chi connectivity index (χ0) is 13.0. The summed E-state index contributed by atoms with van der Waals surface area (Å²) >= 11 is 0. The number of nitrogens with one attached hydrogen (secondary N) is 2. The van der Waals surface area contributed by atoms with Crippen molar-refractivity contribution in [2.75, 3.05) is 11.9 Å². The lowest BCUT2D eigenvalue weighted by Gasteiger charge is -2.29. The molecule has 0 spiro atoms. The highest BCUT2D eigenvalue weighted by Crippen LogP contribution is 2.24. The fourth-order valence-electron chi connectivity index (χ4n) is 2.18. The molecule has 0 aliphatic carbocycles. The largest absolute Gasteiger partial charge is 0.377 e. The standard InChI is InChI=1S/C12H17N3O3/c1-2-9-8(4-3-7-18-9)12(17)13-10-5-6-11(16)15-14-10/h5-6,8-9H,2-4,7H2,1H3,(H,15,16)(H,13,14,17). The number of H-pyrrole nitrogens is 1. The quantitative estimate of drug-likeness (QED) is 0.836. The van der Waals surface area contributed by atoms with Crippen LogP contribution < -0.4 is 10.9 Å². The molecule has 2 heterocycles. The monoisotopic (exact) mass is 251 g/mol. The van der Waals surface area contributed by atoms with E-state index in [4.69, 9.17) is 4.74 Å². The van der Waals surface area contributed by atoms with Gasteiger partial charge in [0, 0.05) is 12.7 Å². The average molecular weight is 251 g/mol. The van der Waals surface area contributed by atoms with Crippen LogP contribution in [0.4, 0.5) is 5.82 Å². The lowest BCUT2D eigenvalue weighted by molar-refractivity contribution is -0.129. The van der Waals surface area contributed by atoms with E-state index in [-0.39, 0.29) is 23.5 Å². The molecule has 98 valence electrons. The van der Waals surface area contributed by atoms with Gasteiger partial charge >= 0.3 is 0 Å². The molecular formula is C12H17N3O3. The Kier molecular flexibility index (Phi) is 4.09. The first-order chi connectivity index (χ1) is 8.70. The molecule has 6 nitrogen and oxygen atoms in total. The minimum atomic E-state index is -0.291. The van der Waals surface area contributed by atoms with Crippen molar-refractivity contribution >= 4 is 11.7 Å². The third kappa shape index (κ3) is 2.95. The Balaban J connectivity index is 2.02. The Bertz CT molecular complexity index is 451. The summed E-state index contributed by atoms with van der Waals surface area (Å²) in [6.45, 7) is 2.73. The molecule has 1 aromatic rings. The number of carbonyl (C=O) groups is 1. The highest BCUT2D eigenvalue weighted by Gasteiger charge is 2.30. The topological polar surface area (TPSA) is 84.1 Å². The van der Waals surface area contributed by atoms with Gasteiger partial charge in [0.1, 0.15) is 0 Å². The fourth-order valence-corrected chi connectivity index (χ4v) is 2.18. The number of nitrogens with zero attached hydrogens (tertiary/aromatic N) is 1. The highest BCUT2D eigenvalue weighted by atomic mass is 16.5. The Labute approximate surface area is 105 Å². The van der Waals surface area contributed by atoms with Gasteiger partial charge in [-0.15, -0.1) is 0 Å². The van der Waals surface area contributed by atoms with Crippen LogP contribution in [-0.4, -0.2) is 28.8 Å². The van der Waals surface area contributed by atoms with Crippen LogP contribution in [0.25, 0.3) is 0 Å². The zero-order valence-corrected chi connectivity index (χ0v) is 10.3. The molecule has 1 saturated heterocycles. The van der Waals surface area contributed by atoms with Crippen LogP contribution in [0, 0.1) is 5.92 Å². The van der Waals surface area contributed by atoms with Crippen LogP contribution >= 0.6 is 0 Å². The highest BCUT2D eigenvalue weighted by molar-refractivity contribution is 5.92. The number of aromatic nitrogens is 2. The molecule has 1 aromatic heterocycles. The third-order valence-electron chi connectivity index (χ3n) is 3.11. The van der Waals surface area contributed by atoms with Gasteiger partial charge in [0.05, 0.1) is 12.0 Å². The van der Waals surface area contributed by atoms with E-state index in [1.54, 1.807) is 0 Å². The second-order valence-electron chi connectivity index (χ2n) is 4.36. The van der Waals surface area contributed by atoms with Crippen molar-refractivity contribution in [2.45, 2.75) is 32.3 Å². The predicted octanol–water partition coefficient (Wildman–Crippen LogP) is 0.914. The second kappa shape index (κ2) is 5.77. The number of ether oxygens (including phenoxy) is 1. The van der Waals surface area contributed by atoms with E-state index >= 15 is 0 Å². The SMILES string of the molecule is CCC1OCCCC1C(=O)Nc1ccc(=O)[nH]n1. The Morgan fingerprint density at radius 2 is 2.44 bits per heavy atom. The van der Waals surface area contributed by atoms with E-state index in [1.165, 1.54) is 12.1 Å². The van der Waals surface area contributed by atoms with Gasteiger partial charge in [-0.3, -0.25) is 9.59 Å². The lowest BCUT2D eigenvalue weighted by atomic mass is 9.92. The fraction of sp³-hybridized carbons (Fsp3) is 0.583. The molecule has 0 bridgehead atoms. The first-order valence-corrected chi connectivity index (χ1v) is 6.19. The Hall–Kier alpha value is -1.69. The molecule has 0 radical (unpaired) electrons. The number of hydrogen-bond acceptors (Lipinski definition) is 4. The molecule has 0 aromatic carbocycles. The smallest absolute Gasteiger partial charge is 0.264 e. The summed E-state index contributed by atoms with van der Waals surface area (Å²) in [5.74, 6) is 0.124. The number of carbonyl (C=O) groups excluding carboxylic acids is 1. The molecule has 0 saturated carbocycles. The van der Waals surface area contributed by atoms with Gasteiger partial charge in [-0.05, 0) is 25.3 Å². The van der Waals surface area contributed by atoms with Crippen molar-refractivity contribution in [1.29, 1.82) is 0 Å². The van der Waals surface area contributed by atoms with Gasteiger partial charge in [-0.25, -0.2) is 5.10 Å². The first kappa shape index (κ1) is 12.8. The van der Waals surface area contributed by atoms with Crippen LogP contribution in [0.2, 0.25) is 0 Å². The van der Waals surface area contributed by atoms with E-state index in [2.05, 4.69) is 15.5 Å². The van der Waals surface area contributed by atoms with Crippen LogP contribution in [0.5, 0.6) is 0 Å². The predicted molar refractivity (Wildman–Crippen MR) is 66.2 cm³/mol. The van der Waals surface area contributed by atoms with E-state index in [9.17, 15) is 9.59 Å². The molecule has 2 rings (SSSR count).